The molecule has 0 bridgehead atoms. The van der Waals surface area contributed by atoms with Crippen LogP contribution in [0.1, 0.15) is 38.2 Å². The van der Waals surface area contributed by atoms with Crippen LogP contribution < -0.4 is 21.9 Å². The Labute approximate surface area is 112 Å². The van der Waals surface area contributed by atoms with Gasteiger partial charge in [-0.15, -0.1) is 0 Å². The molecule has 1 aliphatic rings. The second kappa shape index (κ2) is 5.40. The van der Waals surface area contributed by atoms with Gasteiger partial charge in [0.1, 0.15) is 24.0 Å². The van der Waals surface area contributed by atoms with E-state index in [2.05, 4.69) is 15.4 Å². The van der Waals surface area contributed by atoms with E-state index in [1.807, 2.05) is 18.7 Å². The number of nitrogens with zero attached hydrogens (tertiary/aromatic N) is 3. The van der Waals surface area contributed by atoms with Gasteiger partial charge in [0.2, 0.25) is 5.91 Å². The lowest BCUT2D eigenvalue weighted by Gasteiger charge is -2.27. The van der Waals surface area contributed by atoms with Crippen molar-refractivity contribution in [3.8, 4) is 0 Å². The fraction of sp³-hybridized carbons (Fsp3) is 0.583. The first-order chi connectivity index (χ1) is 9.06. The number of primary amides is 1. The van der Waals surface area contributed by atoms with Crippen LogP contribution in [0.25, 0.3) is 0 Å². The molecule has 0 radical (unpaired) electrons. The van der Waals surface area contributed by atoms with Crippen molar-refractivity contribution in [3.63, 3.8) is 0 Å². The molecule has 1 atom stereocenters. The lowest BCUT2D eigenvalue weighted by molar-refractivity contribution is -0.119. The molecule has 104 valence electrons. The van der Waals surface area contributed by atoms with E-state index in [0.717, 1.165) is 30.8 Å². The highest BCUT2D eigenvalue weighted by Gasteiger charge is 2.32. The van der Waals surface area contributed by atoms with Gasteiger partial charge >= 0.3 is 0 Å². The zero-order chi connectivity index (χ0) is 14.0. The number of nitrogens with two attached hydrogens (primary N) is 2. The van der Waals surface area contributed by atoms with Crippen LogP contribution in [0.4, 0.5) is 11.6 Å². The Balaban J connectivity index is 2.46. The molecule has 5 N–H and O–H groups in total. The van der Waals surface area contributed by atoms with E-state index in [9.17, 15) is 4.79 Å². The molecule has 1 aliphatic heterocycles. The second-order valence-electron chi connectivity index (χ2n) is 5.01. The Morgan fingerprint density at radius 1 is 1.53 bits per heavy atom. The van der Waals surface area contributed by atoms with Crippen LogP contribution in [0.15, 0.2) is 6.33 Å². The molecular weight excluding hydrogens is 244 g/mol. The predicted molar refractivity (Wildman–Crippen MR) is 73.5 cm³/mol. The van der Waals surface area contributed by atoms with E-state index < -0.39 is 0 Å². The summed E-state index contributed by atoms with van der Waals surface area (Å²) < 4.78 is 0. The van der Waals surface area contributed by atoms with Crippen molar-refractivity contribution < 1.29 is 4.79 Å². The van der Waals surface area contributed by atoms with Gasteiger partial charge in [-0.1, -0.05) is 13.8 Å². The minimum Gasteiger partial charge on any atom is -0.368 e. The molecule has 1 aromatic heterocycles. The highest BCUT2D eigenvalue weighted by Crippen LogP contribution is 2.34. The van der Waals surface area contributed by atoms with Gasteiger partial charge in [0.25, 0.3) is 0 Å². The van der Waals surface area contributed by atoms with E-state index in [1.54, 1.807) is 0 Å². The second-order valence-corrected chi connectivity index (χ2v) is 5.01. The van der Waals surface area contributed by atoms with Gasteiger partial charge in [0, 0.05) is 12.1 Å². The molecule has 1 unspecified atom stereocenters. The number of hydrogen-bond donors (Lipinski definition) is 3. The fourth-order valence-corrected chi connectivity index (χ4v) is 2.58. The van der Waals surface area contributed by atoms with E-state index in [-0.39, 0.29) is 17.9 Å². The summed E-state index contributed by atoms with van der Waals surface area (Å²) in [7, 11) is 0. The fourth-order valence-electron chi connectivity index (χ4n) is 2.58. The first-order valence-electron chi connectivity index (χ1n) is 6.43. The van der Waals surface area contributed by atoms with Gasteiger partial charge in [-0.05, 0) is 18.8 Å². The summed E-state index contributed by atoms with van der Waals surface area (Å²) in [5.41, 5.74) is 8.96. The van der Waals surface area contributed by atoms with Gasteiger partial charge in [-0.3, -0.25) is 4.79 Å². The van der Waals surface area contributed by atoms with Crippen LogP contribution in [-0.4, -0.2) is 28.5 Å². The summed E-state index contributed by atoms with van der Waals surface area (Å²) in [5.74, 6) is 6.72. The number of carbonyl (C=O) groups excluding carboxylic acids is 1. The number of hydrazine groups is 1. The zero-order valence-electron chi connectivity index (χ0n) is 11.3. The molecule has 1 amide bonds. The normalized spacial score (nSPS) is 18.9. The van der Waals surface area contributed by atoms with Crippen molar-refractivity contribution in [1.82, 2.24) is 9.97 Å². The largest absolute Gasteiger partial charge is 0.368 e. The summed E-state index contributed by atoms with van der Waals surface area (Å²) >= 11 is 0. The van der Waals surface area contributed by atoms with Crippen molar-refractivity contribution >= 4 is 17.5 Å². The van der Waals surface area contributed by atoms with Gasteiger partial charge in [0.15, 0.2) is 0 Å². The number of nitrogens with one attached hydrogen (secondary N) is 1. The summed E-state index contributed by atoms with van der Waals surface area (Å²) in [6.07, 6.45) is 3.15. The van der Waals surface area contributed by atoms with Gasteiger partial charge < -0.3 is 16.1 Å². The van der Waals surface area contributed by atoms with Crippen LogP contribution in [0, 0.1) is 0 Å². The quantitative estimate of drug-likeness (QED) is 0.534. The smallest absolute Gasteiger partial charge is 0.240 e. The van der Waals surface area contributed by atoms with E-state index in [4.69, 9.17) is 11.6 Å². The summed E-state index contributed by atoms with van der Waals surface area (Å²) in [6.45, 7) is 4.85. The molecule has 0 saturated carbocycles. The topological polar surface area (TPSA) is 110 Å². The van der Waals surface area contributed by atoms with Crippen molar-refractivity contribution in [2.75, 3.05) is 16.9 Å². The van der Waals surface area contributed by atoms with Crippen LogP contribution >= 0.6 is 0 Å². The Morgan fingerprint density at radius 3 is 2.84 bits per heavy atom. The van der Waals surface area contributed by atoms with E-state index in [1.165, 1.54) is 6.33 Å². The van der Waals surface area contributed by atoms with E-state index in [0.29, 0.717) is 5.82 Å². The molecule has 7 heteroatoms. The van der Waals surface area contributed by atoms with Crippen LogP contribution in [-0.2, 0) is 4.79 Å². The number of carbonyl (C=O) groups is 1. The highest BCUT2D eigenvalue weighted by atomic mass is 16.1. The average Bonchev–Trinajstić information content (AvgIpc) is 2.86. The number of hydrogen-bond acceptors (Lipinski definition) is 6. The number of rotatable bonds is 4. The Morgan fingerprint density at radius 2 is 2.26 bits per heavy atom. The molecular formula is C12H20N6O. The van der Waals surface area contributed by atoms with Crippen molar-refractivity contribution in [3.05, 3.63) is 11.9 Å². The molecule has 0 spiro atoms. The monoisotopic (exact) mass is 264 g/mol. The zero-order valence-corrected chi connectivity index (χ0v) is 11.3. The molecule has 19 heavy (non-hydrogen) atoms. The van der Waals surface area contributed by atoms with Gasteiger partial charge in [0.05, 0.1) is 0 Å². The number of nitrogen functional groups attached to an aromatic ring is 1. The summed E-state index contributed by atoms with van der Waals surface area (Å²) in [6, 6.07) is -0.293. The first-order valence-corrected chi connectivity index (χ1v) is 6.43. The molecule has 1 saturated heterocycles. The number of aromatic nitrogens is 2. The molecule has 1 aromatic rings. The summed E-state index contributed by atoms with van der Waals surface area (Å²) in [5, 5.41) is 0. The maximum atomic E-state index is 11.5. The maximum absolute atomic E-state index is 11.5. The third-order valence-electron chi connectivity index (χ3n) is 3.43. The Hall–Kier alpha value is -1.89. The van der Waals surface area contributed by atoms with Gasteiger partial charge in [-0.25, -0.2) is 15.8 Å². The summed E-state index contributed by atoms with van der Waals surface area (Å²) in [4.78, 5) is 21.9. The highest BCUT2D eigenvalue weighted by molar-refractivity contribution is 5.84. The molecule has 2 rings (SSSR count). The van der Waals surface area contributed by atoms with Crippen molar-refractivity contribution in [2.24, 2.45) is 11.6 Å². The lowest BCUT2D eigenvalue weighted by Crippen LogP contribution is -2.41. The van der Waals surface area contributed by atoms with Crippen LogP contribution in [0.2, 0.25) is 0 Å². The Bertz CT molecular complexity index is 475. The van der Waals surface area contributed by atoms with E-state index >= 15 is 0 Å². The molecule has 1 fully saturated rings. The van der Waals surface area contributed by atoms with Crippen molar-refractivity contribution in [1.29, 1.82) is 0 Å². The minimum absolute atomic E-state index is 0.191. The van der Waals surface area contributed by atoms with Crippen LogP contribution in [0.3, 0.4) is 0 Å². The number of amides is 1. The third-order valence-corrected chi connectivity index (χ3v) is 3.43. The molecule has 2 heterocycles. The standard InChI is InChI=1S/C12H20N6O/c1-7(2)9-11(17-14)15-6-16-12(9)18-5-3-4-8(18)10(13)19/h6-8H,3-5,14H2,1-2H3,(H2,13,19)(H,15,16,17). The SMILES string of the molecule is CC(C)c1c(NN)ncnc1N1CCCC1C(N)=O. The number of anilines is 2. The van der Waals surface area contributed by atoms with Crippen LogP contribution in [0.5, 0.6) is 0 Å². The Kier molecular flexibility index (Phi) is 3.84. The molecule has 0 aromatic carbocycles. The first kappa shape index (κ1) is 13.5. The maximum Gasteiger partial charge on any atom is 0.240 e. The molecule has 0 aliphatic carbocycles. The molecule has 7 nitrogen and oxygen atoms in total. The average molecular weight is 264 g/mol. The van der Waals surface area contributed by atoms with Crippen molar-refractivity contribution in [2.45, 2.75) is 38.6 Å². The lowest BCUT2D eigenvalue weighted by atomic mass is 10.0. The predicted octanol–water partition coefficient (Wildman–Crippen LogP) is 0.340. The third kappa shape index (κ3) is 2.46. The van der Waals surface area contributed by atoms with Gasteiger partial charge in [-0.2, -0.15) is 0 Å². The minimum atomic E-state index is -0.312.